The van der Waals surface area contributed by atoms with Gasteiger partial charge in [0.05, 0.1) is 5.60 Å². The summed E-state index contributed by atoms with van der Waals surface area (Å²) in [6.45, 7) is 6.08. The smallest absolute Gasteiger partial charge is 0.0635 e. The normalized spacial score (nSPS) is 23.4. The Morgan fingerprint density at radius 2 is 1.67 bits per heavy atom. The molecule has 0 aromatic heterocycles. The molecule has 0 spiro atoms. The van der Waals surface area contributed by atoms with Crippen LogP contribution in [0.25, 0.3) is 0 Å². The van der Waals surface area contributed by atoms with Crippen molar-refractivity contribution in [1.82, 2.24) is 0 Å². The van der Waals surface area contributed by atoms with Gasteiger partial charge in [-0.05, 0) is 44.2 Å². The Hall–Kier alpha value is -1.93. The lowest BCUT2D eigenvalue weighted by atomic mass is 9.67. The maximum Gasteiger partial charge on any atom is 0.0635 e. The first-order valence-corrected chi connectivity index (χ1v) is 8.84. The van der Waals surface area contributed by atoms with Gasteiger partial charge in [0.1, 0.15) is 0 Å². The molecule has 0 bridgehead atoms. The number of hydrogen-bond acceptors (Lipinski definition) is 2. The summed E-state index contributed by atoms with van der Waals surface area (Å²) in [5.41, 5.74) is 2.68. The number of ether oxygens (including phenoxy) is 1. The zero-order chi connectivity index (χ0) is 16.9. The lowest BCUT2D eigenvalue weighted by molar-refractivity contribution is -0.0836. The topological polar surface area (TPSA) is 21.6 Å². The molecule has 1 heterocycles. The van der Waals surface area contributed by atoms with Gasteiger partial charge >= 0.3 is 0 Å². The molecule has 1 saturated heterocycles. The largest absolute Gasteiger partial charge is 0.376 e. The summed E-state index contributed by atoms with van der Waals surface area (Å²) in [7, 11) is 0. The van der Waals surface area contributed by atoms with E-state index in [1.165, 1.54) is 11.1 Å². The SMILES string of the molecule is CC1(C)C[C@@](CCN=Cc2ccccc2)(c2ccccc2)CCO1. The van der Waals surface area contributed by atoms with Crippen LogP contribution in [0.5, 0.6) is 0 Å². The Morgan fingerprint density at radius 3 is 2.33 bits per heavy atom. The summed E-state index contributed by atoms with van der Waals surface area (Å²) in [6.07, 6.45) is 5.17. The zero-order valence-electron chi connectivity index (χ0n) is 14.7. The van der Waals surface area contributed by atoms with Crippen LogP contribution in [0.3, 0.4) is 0 Å². The van der Waals surface area contributed by atoms with Gasteiger partial charge in [0.2, 0.25) is 0 Å². The summed E-state index contributed by atoms with van der Waals surface area (Å²) in [6, 6.07) is 21.2. The van der Waals surface area contributed by atoms with Gasteiger partial charge < -0.3 is 4.74 Å². The van der Waals surface area contributed by atoms with Crippen LogP contribution in [0.15, 0.2) is 65.7 Å². The van der Waals surface area contributed by atoms with E-state index in [1.807, 2.05) is 24.4 Å². The van der Waals surface area contributed by atoms with E-state index in [1.54, 1.807) is 0 Å². The van der Waals surface area contributed by atoms with Crippen molar-refractivity contribution in [2.75, 3.05) is 13.2 Å². The van der Waals surface area contributed by atoms with E-state index in [-0.39, 0.29) is 11.0 Å². The monoisotopic (exact) mass is 321 g/mol. The van der Waals surface area contributed by atoms with Crippen molar-refractivity contribution < 1.29 is 4.74 Å². The predicted octanol–water partition coefficient (Wildman–Crippen LogP) is 5.02. The number of aliphatic imine (C=N–C) groups is 1. The molecule has 3 rings (SSSR count). The molecule has 0 amide bonds. The van der Waals surface area contributed by atoms with Crippen LogP contribution in [-0.2, 0) is 10.2 Å². The van der Waals surface area contributed by atoms with Crippen LogP contribution in [0.2, 0.25) is 0 Å². The van der Waals surface area contributed by atoms with Gasteiger partial charge in [-0.1, -0.05) is 60.7 Å². The van der Waals surface area contributed by atoms with Crippen molar-refractivity contribution >= 4 is 6.21 Å². The van der Waals surface area contributed by atoms with Gasteiger partial charge in [-0.3, -0.25) is 4.99 Å². The van der Waals surface area contributed by atoms with Gasteiger partial charge in [0, 0.05) is 24.8 Å². The molecule has 2 aromatic rings. The quantitative estimate of drug-likeness (QED) is 0.708. The van der Waals surface area contributed by atoms with E-state index in [0.717, 1.165) is 32.4 Å². The molecule has 2 nitrogen and oxygen atoms in total. The summed E-state index contributed by atoms with van der Waals surface area (Å²) in [5.74, 6) is 0. The van der Waals surface area contributed by atoms with Crippen molar-refractivity contribution in [2.24, 2.45) is 4.99 Å². The molecule has 0 unspecified atom stereocenters. The predicted molar refractivity (Wildman–Crippen MR) is 101 cm³/mol. The lowest BCUT2D eigenvalue weighted by Gasteiger charge is -2.45. The van der Waals surface area contributed by atoms with Crippen molar-refractivity contribution in [1.29, 1.82) is 0 Å². The Balaban J connectivity index is 1.75. The number of benzene rings is 2. The number of hydrogen-bond donors (Lipinski definition) is 0. The van der Waals surface area contributed by atoms with Crippen molar-refractivity contribution in [2.45, 2.75) is 44.1 Å². The fraction of sp³-hybridized carbons (Fsp3) is 0.409. The van der Waals surface area contributed by atoms with E-state index in [0.29, 0.717) is 0 Å². The van der Waals surface area contributed by atoms with Crippen LogP contribution in [0, 0.1) is 0 Å². The van der Waals surface area contributed by atoms with E-state index in [2.05, 4.69) is 61.3 Å². The minimum atomic E-state index is -0.0722. The molecule has 2 aromatic carbocycles. The van der Waals surface area contributed by atoms with Crippen LogP contribution >= 0.6 is 0 Å². The average Bonchev–Trinajstić information content (AvgIpc) is 2.60. The Kier molecular flexibility index (Phi) is 5.15. The highest BCUT2D eigenvalue weighted by Gasteiger charge is 2.41. The lowest BCUT2D eigenvalue weighted by Crippen LogP contribution is -2.44. The van der Waals surface area contributed by atoms with Gasteiger partial charge in [0.15, 0.2) is 0 Å². The first kappa shape index (κ1) is 16.9. The van der Waals surface area contributed by atoms with Crippen LogP contribution < -0.4 is 0 Å². The minimum absolute atomic E-state index is 0.0722. The Labute approximate surface area is 145 Å². The molecule has 0 N–H and O–H groups in total. The maximum atomic E-state index is 5.98. The molecular formula is C22H27NO. The molecule has 0 saturated carbocycles. The van der Waals surface area contributed by atoms with E-state index < -0.39 is 0 Å². The molecule has 0 aliphatic carbocycles. The van der Waals surface area contributed by atoms with Gasteiger partial charge in [-0.25, -0.2) is 0 Å². The fourth-order valence-electron chi connectivity index (χ4n) is 3.86. The first-order chi connectivity index (χ1) is 11.6. The molecule has 1 aliphatic rings. The molecule has 0 radical (unpaired) electrons. The van der Waals surface area contributed by atoms with Crippen molar-refractivity contribution in [3.05, 3.63) is 71.8 Å². The third-order valence-corrected chi connectivity index (χ3v) is 4.98. The maximum absolute atomic E-state index is 5.98. The fourth-order valence-corrected chi connectivity index (χ4v) is 3.86. The Morgan fingerprint density at radius 1 is 1.00 bits per heavy atom. The highest BCUT2D eigenvalue weighted by Crippen LogP contribution is 2.43. The summed E-state index contributed by atoms with van der Waals surface area (Å²) >= 11 is 0. The van der Waals surface area contributed by atoms with E-state index >= 15 is 0 Å². The second-order valence-corrected chi connectivity index (χ2v) is 7.38. The summed E-state index contributed by atoms with van der Waals surface area (Å²) in [5, 5.41) is 0. The second-order valence-electron chi connectivity index (χ2n) is 7.38. The molecule has 1 atom stereocenters. The third-order valence-electron chi connectivity index (χ3n) is 4.98. The first-order valence-electron chi connectivity index (χ1n) is 8.84. The zero-order valence-corrected chi connectivity index (χ0v) is 14.7. The van der Waals surface area contributed by atoms with Crippen LogP contribution in [0.4, 0.5) is 0 Å². The van der Waals surface area contributed by atoms with Crippen LogP contribution in [0.1, 0.15) is 44.2 Å². The average molecular weight is 321 g/mol. The van der Waals surface area contributed by atoms with Gasteiger partial charge in [-0.15, -0.1) is 0 Å². The highest BCUT2D eigenvalue weighted by atomic mass is 16.5. The molecule has 24 heavy (non-hydrogen) atoms. The van der Waals surface area contributed by atoms with Crippen molar-refractivity contribution in [3.8, 4) is 0 Å². The molecule has 1 fully saturated rings. The third kappa shape index (κ3) is 4.12. The molecule has 2 heteroatoms. The van der Waals surface area contributed by atoms with E-state index in [9.17, 15) is 0 Å². The summed E-state index contributed by atoms with van der Waals surface area (Å²) < 4.78 is 5.98. The van der Waals surface area contributed by atoms with Crippen molar-refractivity contribution in [3.63, 3.8) is 0 Å². The number of rotatable bonds is 5. The summed E-state index contributed by atoms with van der Waals surface area (Å²) in [4.78, 5) is 4.69. The van der Waals surface area contributed by atoms with Gasteiger partial charge in [-0.2, -0.15) is 0 Å². The Bertz CT molecular complexity index is 663. The van der Waals surface area contributed by atoms with Gasteiger partial charge in [0.25, 0.3) is 0 Å². The molecular weight excluding hydrogens is 294 g/mol. The standard InChI is InChI=1S/C22H27NO/c1-21(2)18-22(14-16-24-21,20-11-7-4-8-12-20)13-15-23-17-19-9-5-3-6-10-19/h3-12,17H,13-16,18H2,1-2H3/t22-/m0/s1. The highest BCUT2D eigenvalue weighted by molar-refractivity contribution is 5.79. The second kappa shape index (κ2) is 7.31. The molecule has 126 valence electrons. The molecule has 1 aliphatic heterocycles. The number of nitrogens with zero attached hydrogens (tertiary/aromatic N) is 1. The van der Waals surface area contributed by atoms with E-state index in [4.69, 9.17) is 4.74 Å². The minimum Gasteiger partial charge on any atom is -0.376 e. The van der Waals surface area contributed by atoms with Crippen LogP contribution in [-0.4, -0.2) is 25.0 Å².